The second-order valence-electron chi connectivity index (χ2n) is 3.91. The standard InChI is InChI=1S/C11H12N4O2/c1-2-17-11(16)10-6-3-4-8-7(5-12-13-8)9(6)14-15-10/h5H,2-4H2,1H3,(H,12,13)(H,14,15). The number of carbonyl (C=O) groups excluding carboxylic acids is 1. The van der Waals surface area contributed by atoms with Gasteiger partial charge in [0.15, 0.2) is 0 Å². The van der Waals surface area contributed by atoms with E-state index in [1.165, 1.54) is 0 Å². The van der Waals surface area contributed by atoms with Crippen LogP contribution < -0.4 is 0 Å². The number of aryl methyl sites for hydroxylation is 1. The number of aromatic nitrogens is 4. The number of fused-ring (bicyclic) bond motifs is 3. The van der Waals surface area contributed by atoms with Gasteiger partial charge in [-0.2, -0.15) is 10.2 Å². The minimum absolute atomic E-state index is 0.340. The van der Waals surface area contributed by atoms with Gasteiger partial charge in [0.05, 0.1) is 18.5 Å². The van der Waals surface area contributed by atoms with Gasteiger partial charge in [-0.3, -0.25) is 10.2 Å². The quantitative estimate of drug-likeness (QED) is 0.759. The second kappa shape index (κ2) is 3.73. The molecule has 0 fully saturated rings. The Hall–Kier alpha value is -2.11. The molecule has 0 bridgehead atoms. The summed E-state index contributed by atoms with van der Waals surface area (Å²) in [5, 5.41) is 13.9. The van der Waals surface area contributed by atoms with Crippen LogP contribution in [0.4, 0.5) is 0 Å². The third-order valence-electron chi connectivity index (χ3n) is 2.95. The van der Waals surface area contributed by atoms with Gasteiger partial charge in [-0.15, -0.1) is 0 Å². The van der Waals surface area contributed by atoms with Gasteiger partial charge in [0.1, 0.15) is 5.69 Å². The van der Waals surface area contributed by atoms with E-state index in [0.29, 0.717) is 12.3 Å². The monoisotopic (exact) mass is 232 g/mol. The van der Waals surface area contributed by atoms with Crippen LogP contribution >= 0.6 is 0 Å². The van der Waals surface area contributed by atoms with E-state index in [0.717, 1.165) is 35.4 Å². The highest BCUT2D eigenvalue weighted by atomic mass is 16.5. The number of aromatic amines is 2. The van der Waals surface area contributed by atoms with Gasteiger partial charge < -0.3 is 4.74 Å². The molecule has 2 aromatic heterocycles. The number of carbonyl (C=O) groups is 1. The van der Waals surface area contributed by atoms with Crippen molar-refractivity contribution in [1.82, 2.24) is 20.4 Å². The van der Waals surface area contributed by atoms with Crippen LogP contribution in [-0.2, 0) is 17.6 Å². The lowest BCUT2D eigenvalue weighted by atomic mass is 9.94. The molecular formula is C11H12N4O2. The van der Waals surface area contributed by atoms with E-state index >= 15 is 0 Å². The zero-order valence-corrected chi connectivity index (χ0v) is 9.41. The molecule has 0 saturated carbocycles. The molecular weight excluding hydrogens is 220 g/mol. The SMILES string of the molecule is CCOC(=O)c1[nH]nc2c1CCc1[nH]ncc1-2. The molecule has 0 atom stereocenters. The van der Waals surface area contributed by atoms with E-state index in [9.17, 15) is 4.79 Å². The number of nitrogens with zero attached hydrogens (tertiary/aromatic N) is 2. The van der Waals surface area contributed by atoms with E-state index in [4.69, 9.17) is 4.74 Å². The molecule has 0 amide bonds. The van der Waals surface area contributed by atoms with Crippen molar-refractivity contribution >= 4 is 5.97 Å². The van der Waals surface area contributed by atoms with E-state index in [1.54, 1.807) is 13.1 Å². The molecule has 88 valence electrons. The average molecular weight is 232 g/mol. The average Bonchev–Trinajstić information content (AvgIpc) is 2.94. The lowest BCUT2D eigenvalue weighted by Gasteiger charge is -2.10. The Bertz CT molecular complexity index is 570. The summed E-state index contributed by atoms with van der Waals surface area (Å²) in [4.78, 5) is 11.7. The number of esters is 1. The Kier molecular flexibility index (Phi) is 2.21. The first-order chi connectivity index (χ1) is 8.31. The molecule has 1 aliphatic rings. The molecule has 0 unspecified atom stereocenters. The number of H-pyrrole nitrogens is 2. The lowest BCUT2D eigenvalue weighted by Crippen LogP contribution is -2.10. The second-order valence-corrected chi connectivity index (χ2v) is 3.91. The molecule has 3 rings (SSSR count). The van der Waals surface area contributed by atoms with Crippen LogP contribution in [0.25, 0.3) is 11.3 Å². The molecule has 0 aliphatic heterocycles. The summed E-state index contributed by atoms with van der Waals surface area (Å²) in [6.07, 6.45) is 3.35. The predicted octanol–water partition coefficient (Wildman–Crippen LogP) is 1.08. The summed E-state index contributed by atoms with van der Waals surface area (Å²) >= 11 is 0. The maximum absolute atomic E-state index is 11.7. The molecule has 17 heavy (non-hydrogen) atoms. The van der Waals surface area contributed by atoms with Gasteiger partial charge >= 0.3 is 5.97 Å². The molecule has 2 N–H and O–H groups in total. The van der Waals surface area contributed by atoms with Crippen molar-refractivity contribution in [1.29, 1.82) is 0 Å². The van der Waals surface area contributed by atoms with Crippen molar-refractivity contribution in [3.05, 3.63) is 23.1 Å². The summed E-state index contributed by atoms with van der Waals surface area (Å²) in [5.74, 6) is -0.340. The number of ether oxygens (including phenoxy) is 1. The Morgan fingerprint density at radius 1 is 1.47 bits per heavy atom. The van der Waals surface area contributed by atoms with Crippen molar-refractivity contribution in [2.24, 2.45) is 0 Å². The molecule has 1 aliphatic carbocycles. The van der Waals surface area contributed by atoms with Crippen LogP contribution in [-0.4, -0.2) is 33.0 Å². The fourth-order valence-electron chi connectivity index (χ4n) is 2.16. The smallest absolute Gasteiger partial charge is 0.356 e. The van der Waals surface area contributed by atoms with E-state index in [-0.39, 0.29) is 5.97 Å². The number of nitrogens with one attached hydrogen (secondary N) is 2. The van der Waals surface area contributed by atoms with Crippen molar-refractivity contribution in [3.63, 3.8) is 0 Å². The molecule has 6 heteroatoms. The van der Waals surface area contributed by atoms with Crippen LogP contribution in [0, 0.1) is 0 Å². The highest BCUT2D eigenvalue weighted by Gasteiger charge is 2.26. The number of hydrogen-bond donors (Lipinski definition) is 2. The van der Waals surface area contributed by atoms with Gasteiger partial charge in [0, 0.05) is 16.8 Å². The zero-order chi connectivity index (χ0) is 11.8. The Labute approximate surface area is 97.4 Å². The molecule has 0 aromatic carbocycles. The van der Waals surface area contributed by atoms with Crippen LogP contribution in [0.1, 0.15) is 28.7 Å². The van der Waals surface area contributed by atoms with Gasteiger partial charge in [-0.25, -0.2) is 4.79 Å². The summed E-state index contributed by atoms with van der Waals surface area (Å²) < 4.78 is 4.99. The minimum atomic E-state index is -0.340. The van der Waals surface area contributed by atoms with Crippen molar-refractivity contribution in [3.8, 4) is 11.3 Å². The zero-order valence-electron chi connectivity index (χ0n) is 9.41. The van der Waals surface area contributed by atoms with E-state index in [1.807, 2.05) is 0 Å². The Balaban J connectivity index is 2.05. The first-order valence-electron chi connectivity index (χ1n) is 5.58. The minimum Gasteiger partial charge on any atom is -0.461 e. The van der Waals surface area contributed by atoms with Gasteiger partial charge in [-0.05, 0) is 19.8 Å². The highest BCUT2D eigenvalue weighted by molar-refractivity contribution is 5.91. The molecule has 0 radical (unpaired) electrons. The first-order valence-corrected chi connectivity index (χ1v) is 5.58. The van der Waals surface area contributed by atoms with E-state index < -0.39 is 0 Å². The number of hydrogen-bond acceptors (Lipinski definition) is 4. The molecule has 0 spiro atoms. The summed E-state index contributed by atoms with van der Waals surface area (Å²) in [7, 11) is 0. The molecule has 2 aromatic rings. The number of rotatable bonds is 2. The molecule has 0 saturated heterocycles. The van der Waals surface area contributed by atoms with Gasteiger partial charge in [0.2, 0.25) is 0 Å². The van der Waals surface area contributed by atoms with Gasteiger partial charge in [0.25, 0.3) is 0 Å². The first kappa shape index (κ1) is 10.1. The Morgan fingerprint density at radius 3 is 3.18 bits per heavy atom. The third kappa shape index (κ3) is 1.44. The maximum atomic E-state index is 11.7. The third-order valence-corrected chi connectivity index (χ3v) is 2.95. The van der Waals surface area contributed by atoms with Crippen LogP contribution in [0.15, 0.2) is 6.20 Å². The van der Waals surface area contributed by atoms with E-state index in [2.05, 4.69) is 20.4 Å². The van der Waals surface area contributed by atoms with Crippen LogP contribution in [0.5, 0.6) is 0 Å². The highest BCUT2D eigenvalue weighted by Crippen LogP contribution is 2.32. The van der Waals surface area contributed by atoms with Crippen LogP contribution in [0.2, 0.25) is 0 Å². The lowest BCUT2D eigenvalue weighted by molar-refractivity contribution is 0.0518. The van der Waals surface area contributed by atoms with Gasteiger partial charge in [-0.1, -0.05) is 0 Å². The summed E-state index contributed by atoms with van der Waals surface area (Å²) in [6, 6.07) is 0. The van der Waals surface area contributed by atoms with Crippen molar-refractivity contribution in [2.45, 2.75) is 19.8 Å². The summed E-state index contributed by atoms with van der Waals surface area (Å²) in [5.41, 5.74) is 4.24. The Morgan fingerprint density at radius 2 is 2.35 bits per heavy atom. The summed E-state index contributed by atoms with van der Waals surface area (Å²) in [6.45, 7) is 2.15. The fraction of sp³-hybridized carbons (Fsp3) is 0.364. The predicted molar refractivity (Wildman–Crippen MR) is 59.5 cm³/mol. The van der Waals surface area contributed by atoms with Crippen LogP contribution in [0.3, 0.4) is 0 Å². The fourth-order valence-corrected chi connectivity index (χ4v) is 2.16. The normalized spacial score (nSPS) is 13.0. The molecule has 2 heterocycles. The maximum Gasteiger partial charge on any atom is 0.356 e. The molecule has 6 nitrogen and oxygen atoms in total. The van der Waals surface area contributed by atoms with Crippen molar-refractivity contribution < 1.29 is 9.53 Å². The van der Waals surface area contributed by atoms with Crippen molar-refractivity contribution in [2.75, 3.05) is 6.61 Å². The largest absolute Gasteiger partial charge is 0.461 e. The topological polar surface area (TPSA) is 83.7 Å².